The van der Waals surface area contributed by atoms with Crippen molar-refractivity contribution in [3.05, 3.63) is 57.6 Å². The number of nitrogen functional groups attached to an aromatic ring is 2. The molecule has 2 aromatic rings. The Balaban J connectivity index is 2.73. The molecule has 0 amide bonds. The summed E-state index contributed by atoms with van der Waals surface area (Å²) in [4.78, 5) is 0. The highest BCUT2D eigenvalue weighted by Gasteiger charge is 2.59. The Hall–Kier alpha value is -2.24. The van der Waals surface area contributed by atoms with Gasteiger partial charge in [0.1, 0.15) is 0 Å². The molecule has 2 unspecified atom stereocenters. The van der Waals surface area contributed by atoms with Crippen molar-refractivity contribution < 1.29 is 17.6 Å². The van der Waals surface area contributed by atoms with Crippen LogP contribution in [-0.2, 0) is 24.7 Å². The Morgan fingerprint density at radius 2 is 0.972 bits per heavy atom. The van der Waals surface area contributed by atoms with E-state index in [9.17, 15) is 0 Å². The number of nitrogens with two attached hydrogens (primary N) is 2. The lowest BCUT2D eigenvalue weighted by atomic mass is 9.85. The van der Waals surface area contributed by atoms with Gasteiger partial charge in [-0.15, -0.1) is 0 Å². The van der Waals surface area contributed by atoms with Crippen LogP contribution >= 0.6 is 0 Å². The Morgan fingerprint density at radius 1 is 0.639 bits per heavy atom. The first-order valence-electron chi connectivity index (χ1n) is 13.5. The number of hydrogen-bond acceptors (Lipinski definition) is 2. The zero-order chi connectivity index (χ0) is 27.3. The lowest BCUT2D eigenvalue weighted by Crippen LogP contribution is -2.36. The van der Waals surface area contributed by atoms with Crippen molar-refractivity contribution in [1.29, 1.82) is 0 Å². The molecule has 0 aliphatic rings. The first-order valence-corrected chi connectivity index (χ1v) is 13.5. The highest BCUT2D eigenvalue weighted by Crippen LogP contribution is 2.52. The van der Waals surface area contributed by atoms with Crippen molar-refractivity contribution in [1.82, 2.24) is 0 Å². The minimum Gasteiger partial charge on any atom is -0.398 e. The standard InChI is InChI=1S/C30H44F4N2/c1-7-11-13-21-15-23(17-25(27(21)35)19(5)9-3)29(31,32)30(33,34)24-16-22(14-12-8-2)28(36)26(18-24)20(6)10-4/h15-20H,7-14,35-36H2,1-6H3. The zero-order valence-electron chi connectivity index (χ0n) is 22.8. The third kappa shape index (κ3) is 6.00. The van der Waals surface area contributed by atoms with Crippen LogP contribution in [0, 0.1) is 0 Å². The van der Waals surface area contributed by atoms with Gasteiger partial charge in [-0.2, -0.15) is 17.6 Å². The van der Waals surface area contributed by atoms with Gasteiger partial charge in [-0.05, 0) is 96.9 Å². The van der Waals surface area contributed by atoms with E-state index in [-0.39, 0.29) is 11.8 Å². The number of benzene rings is 2. The Bertz CT molecular complexity index is 935. The summed E-state index contributed by atoms with van der Waals surface area (Å²) in [6.45, 7) is 11.6. The molecule has 2 atom stereocenters. The van der Waals surface area contributed by atoms with E-state index in [1.54, 1.807) is 0 Å². The Labute approximate surface area is 214 Å². The molecule has 0 saturated heterocycles. The second kappa shape index (κ2) is 12.3. The van der Waals surface area contributed by atoms with E-state index in [0.29, 0.717) is 59.3 Å². The maximum Gasteiger partial charge on any atom is 0.339 e. The van der Waals surface area contributed by atoms with Crippen LogP contribution < -0.4 is 11.5 Å². The van der Waals surface area contributed by atoms with Gasteiger partial charge in [0.25, 0.3) is 0 Å². The fourth-order valence-electron chi connectivity index (χ4n) is 4.60. The van der Waals surface area contributed by atoms with Crippen LogP contribution in [0.25, 0.3) is 0 Å². The zero-order valence-corrected chi connectivity index (χ0v) is 22.8. The quantitative estimate of drug-likeness (QED) is 0.209. The number of halogens is 4. The van der Waals surface area contributed by atoms with E-state index in [4.69, 9.17) is 11.5 Å². The average Bonchev–Trinajstić information content (AvgIpc) is 2.86. The third-order valence-corrected chi connectivity index (χ3v) is 7.60. The van der Waals surface area contributed by atoms with Gasteiger partial charge in [-0.1, -0.05) is 54.4 Å². The Morgan fingerprint density at radius 3 is 1.25 bits per heavy atom. The van der Waals surface area contributed by atoms with E-state index in [1.165, 1.54) is 24.3 Å². The first kappa shape index (κ1) is 30.0. The molecule has 0 spiro atoms. The van der Waals surface area contributed by atoms with Gasteiger partial charge in [-0.25, -0.2) is 0 Å². The molecule has 0 aliphatic heterocycles. The number of alkyl halides is 4. The third-order valence-electron chi connectivity index (χ3n) is 7.60. The highest BCUT2D eigenvalue weighted by atomic mass is 19.3. The van der Waals surface area contributed by atoms with E-state index < -0.39 is 23.0 Å². The lowest BCUT2D eigenvalue weighted by Gasteiger charge is -2.30. The van der Waals surface area contributed by atoms with Gasteiger partial charge in [0.05, 0.1) is 0 Å². The van der Waals surface area contributed by atoms with Crippen LogP contribution in [0.5, 0.6) is 0 Å². The molecule has 0 aromatic heterocycles. The van der Waals surface area contributed by atoms with Crippen molar-refractivity contribution in [3.8, 4) is 0 Å². The summed E-state index contributed by atoms with van der Waals surface area (Å²) in [6.07, 6.45) is 5.46. The summed E-state index contributed by atoms with van der Waals surface area (Å²) in [7, 11) is 0. The number of rotatable bonds is 13. The van der Waals surface area contributed by atoms with Crippen molar-refractivity contribution >= 4 is 11.4 Å². The summed E-state index contributed by atoms with van der Waals surface area (Å²) in [5.74, 6) is -9.09. The number of hydrogen-bond donors (Lipinski definition) is 2. The predicted octanol–water partition coefficient (Wildman–Crippen LogP) is 9.45. The lowest BCUT2D eigenvalue weighted by molar-refractivity contribution is -0.224. The molecule has 4 N–H and O–H groups in total. The summed E-state index contributed by atoms with van der Waals surface area (Å²) in [5.41, 5.74) is 14.2. The normalized spacial score (nSPS) is 14.2. The van der Waals surface area contributed by atoms with Crippen molar-refractivity contribution in [2.24, 2.45) is 0 Å². The molecule has 0 saturated carbocycles. The van der Waals surface area contributed by atoms with Gasteiger partial charge < -0.3 is 11.5 Å². The van der Waals surface area contributed by atoms with E-state index in [0.717, 1.165) is 25.7 Å². The maximum absolute atomic E-state index is 15.9. The van der Waals surface area contributed by atoms with Crippen LogP contribution in [0.15, 0.2) is 24.3 Å². The van der Waals surface area contributed by atoms with Gasteiger partial charge >= 0.3 is 11.8 Å². The largest absolute Gasteiger partial charge is 0.398 e. The van der Waals surface area contributed by atoms with Gasteiger partial charge in [0, 0.05) is 22.5 Å². The summed E-state index contributed by atoms with van der Waals surface area (Å²) in [6, 6.07) is 4.76. The molecule has 202 valence electrons. The van der Waals surface area contributed by atoms with Gasteiger partial charge in [0.2, 0.25) is 0 Å². The molecule has 6 heteroatoms. The smallest absolute Gasteiger partial charge is 0.339 e. The SMILES string of the molecule is CCCCc1cc(C(F)(F)C(F)(F)c2cc(CCCC)c(N)c(C(C)CC)c2)cc(C(C)CC)c1N. The molecule has 0 radical (unpaired) electrons. The van der Waals surface area contributed by atoms with Crippen LogP contribution in [0.1, 0.15) is 125 Å². The van der Waals surface area contributed by atoms with E-state index >= 15 is 17.6 Å². The van der Waals surface area contributed by atoms with Crippen LogP contribution in [0.4, 0.5) is 28.9 Å². The van der Waals surface area contributed by atoms with Crippen molar-refractivity contribution in [3.63, 3.8) is 0 Å². The predicted molar refractivity (Wildman–Crippen MR) is 144 cm³/mol. The monoisotopic (exact) mass is 508 g/mol. The molecular weight excluding hydrogens is 464 g/mol. The molecular formula is C30H44F4N2. The topological polar surface area (TPSA) is 52.0 Å². The molecule has 36 heavy (non-hydrogen) atoms. The number of aryl methyl sites for hydroxylation is 2. The summed E-state index contributed by atoms with van der Waals surface area (Å²) < 4.78 is 63.5. The molecule has 0 heterocycles. The maximum atomic E-state index is 15.9. The van der Waals surface area contributed by atoms with Crippen LogP contribution in [0.3, 0.4) is 0 Å². The highest BCUT2D eigenvalue weighted by molar-refractivity contribution is 5.60. The first-order chi connectivity index (χ1) is 16.9. The molecule has 2 rings (SSSR count). The summed E-state index contributed by atoms with van der Waals surface area (Å²) >= 11 is 0. The minimum atomic E-state index is -4.42. The van der Waals surface area contributed by atoms with Crippen LogP contribution in [0.2, 0.25) is 0 Å². The molecule has 0 aliphatic carbocycles. The Kier molecular flexibility index (Phi) is 10.3. The van der Waals surface area contributed by atoms with E-state index in [1.807, 2.05) is 41.5 Å². The minimum absolute atomic E-state index is 0.121. The molecule has 2 nitrogen and oxygen atoms in total. The van der Waals surface area contributed by atoms with Gasteiger partial charge in [0.15, 0.2) is 0 Å². The number of unbranched alkanes of at least 4 members (excludes halogenated alkanes) is 2. The molecule has 0 bridgehead atoms. The number of anilines is 2. The average molecular weight is 509 g/mol. The second-order valence-electron chi connectivity index (χ2n) is 10.3. The summed E-state index contributed by atoms with van der Waals surface area (Å²) in [5, 5.41) is 0. The fraction of sp³-hybridized carbons (Fsp3) is 0.600. The molecule has 2 aromatic carbocycles. The van der Waals surface area contributed by atoms with Crippen molar-refractivity contribution in [2.45, 2.75) is 117 Å². The second-order valence-corrected chi connectivity index (χ2v) is 10.3. The van der Waals surface area contributed by atoms with Crippen LogP contribution in [-0.4, -0.2) is 0 Å². The van der Waals surface area contributed by atoms with E-state index in [2.05, 4.69) is 0 Å². The van der Waals surface area contributed by atoms with Crippen molar-refractivity contribution in [2.75, 3.05) is 11.5 Å². The van der Waals surface area contributed by atoms with Gasteiger partial charge in [-0.3, -0.25) is 0 Å². The molecule has 0 fully saturated rings. The fourth-order valence-corrected chi connectivity index (χ4v) is 4.60.